The largest absolute Gasteiger partial charge is 0.295 e. The minimum absolute atomic E-state index is 0.0358. The summed E-state index contributed by atoms with van der Waals surface area (Å²) in [4.78, 5) is 10.9. The first-order valence-corrected chi connectivity index (χ1v) is 4.54. The van der Waals surface area contributed by atoms with Gasteiger partial charge in [-0.2, -0.15) is 0 Å². The Morgan fingerprint density at radius 2 is 2.27 bits per heavy atom. The molecular formula is C8H12INO. The van der Waals surface area contributed by atoms with Crippen LogP contribution in [-0.2, 0) is 4.79 Å². The van der Waals surface area contributed by atoms with Crippen LogP contribution in [0.4, 0.5) is 0 Å². The number of carbonyl (C=O) groups is 1. The molecule has 0 bridgehead atoms. The first-order chi connectivity index (χ1) is 5.22. The molecule has 0 rings (SSSR count). The summed E-state index contributed by atoms with van der Waals surface area (Å²) in [6.07, 6.45) is 6.69. The molecule has 0 unspecified atom stereocenters. The Labute approximate surface area is 81.2 Å². The van der Waals surface area contributed by atoms with Gasteiger partial charge in [0.05, 0.1) is 22.9 Å². The number of hydrogen-bond donors (Lipinski definition) is 1. The Hall–Kier alpha value is -0.320. The van der Waals surface area contributed by atoms with Crippen molar-refractivity contribution in [2.75, 3.05) is 0 Å². The van der Waals surface area contributed by atoms with Crippen molar-refractivity contribution in [3.8, 4) is 0 Å². The molecule has 0 aromatic rings. The van der Waals surface area contributed by atoms with Crippen LogP contribution in [0.3, 0.4) is 0 Å². The molecule has 0 aliphatic heterocycles. The lowest BCUT2D eigenvalue weighted by molar-refractivity contribution is -0.115. The number of amides is 1. The minimum atomic E-state index is -0.0358. The zero-order valence-corrected chi connectivity index (χ0v) is 8.88. The van der Waals surface area contributed by atoms with Gasteiger partial charge in [-0.3, -0.25) is 8.32 Å². The molecule has 0 spiro atoms. The number of nitrogens with one attached hydrogen (secondary N) is 1. The van der Waals surface area contributed by atoms with Crippen LogP contribution in [0, 0.1) is 0 Å². The first kappa shape index (κ1) is 10.7. The summed E-state index contributed by atoms with van der Waals surface area (Å²) in [5.41, 5.74) is 0.726. The van der Waals surface area contributed by atoms with Crippen LogP contribution in [0.2, 0.25) is 0 Å². The minimum Gasteiger partial charge on any atom is -0.295 e. The normalized spacial score (nSPS) is 12.1. The van der Waals surface area contributed by atoms with Crippen LogP contribution in [0.1, 0.15) is 20.3 Å². The Bertz CT molecular complexity index is 185. The molecule has 0 aromatic carbocycles. The van der Waals surface area contributed by atoms with E-state index >= 15 is 0 Å². The van der Waals surface area contributed by atoms with E-state index in [-0.39, 0.29) is 5.91 Å². The average Bonchev–Trinajstić information content (AvgIpc) is 2.03. The number of allylic oxidation sites excluding steroid dienone is 3. The van der Waals surface area contributed by atoms with Crippen LogP contribution in [-0.4, -0.2) is 5.91 Å². The molecule has 3 heteroatoms. The van der Waals surface area contributed by atoms with Crippen molar-refractivity contribution in [2.45, 2.75) is 20.3 Å². The molecule has 0 fully saturated rings. The predicted molar refractivity (Wildman–Crippen MR) is 55.4 cm³/mol. The lowest BCUT2D eigenvalue weighted by Crippen LogP contribution is -2.11. The second kappa shape index (κ2) is 6.39. The molecular weight excluding hydrogens is 253 g/mol. The van der Waals surface area contributed by atoms with Crippen molar-refractivity contribution in [3.63, 3.8) is 0 Å². The average molecular weight is 265 g/mol. The molecule has 0 aromatic heterocycles. The maximum atomic E-state index is 10.9. The second-order valence-electron chi connectivity index (χ2n) is 2.11. The second-order valence-corrected chi connectivity index (χ2v) is 2.65. The zero-order valence-electron chi connectivity index (χ0n) is 6.73. The maximum Gasteiger partial charge on any atom is 0.255 e. The number of halogens is 1. The fraction of sp³-hybridized carbons (Fsp3) is 0.375. The topological polar surface area (TPSA) is 29.1 Å². The summed E-state index contributed by atoms with van der Waals surface area (Å²) in [5.74, 6) is -0.0358. The third-order valence-electron chi connectivity index (χ3n) is 1.16. The quantitative estimate of drug-likeness (QED) is 0.361. The molecule has 62 valence electrons. The van der Waals surface area contributed by atoms with E-state index in [1.807, 2.05) is 35.0 Å². The van der Waals surface area contributed by atoms with Crippen molar-refractivity contribution in [3.05, 3.63) is 23.8 Å². The summed E-state index contributed by atoms with van der Waals surface area (Å²) in [6.45, 7) is 3.84. The molecule has 0 atom stereocenters. The fourth-order valence-corrected chi connectivity index (χ4v) is 0.924. The Kier molecular flexibility index (Phi) is 6.21. The summed E-state index contributed by atoms with van der Waals surface area (Å²) in [7, 11) is 0. The van der Waals surface area contributed by atoms with Gasteiger partial charge in [-0.25, -0.2) is 0 Å². The zero-order chi connectivity index (χ0) is 8.69. The van der Waals surface area contributed by atoms with E-state index in [9.17, 15) is 4.79 Å². The molecule has 2 nitrogen and oxygen atoms in total. The van der Waals surface area contributed by atoms with Gasteiger partial charge >= 0.3 is 0 Å². The van der Waals surface area contributed by atoms with E-state index in [0.29, 0.717) is 0 Å². The van der Waals surface area contributed by atoms with E-state index < -0.39 is 0 Å². The molecule has 11 heavy (non-hydrogen) atoms. The standard InChI is InChI=1S/C8H12INO/c1-3-4-5-6-7(2)8(11)10-9/h4-6H,3H2,1-2H3,(H,10,11)/b5-4-,7-6+. The van der Waals surface area contributed by atoms with Crippen molar-refractivity contribution < 1.29 is 4.79 Å². The van der Waals surface area contributed by atoms with Gasteiger partial charge < -0.3 is 0 Å². The summed E-state index contributed by atoms with van der Waals surface area (Å²) < 4.78 is 2.52. The van der Waals surface area contributed by atoms with E-state index in [1.165, 1.54) is 0 Å². The van der Waals surface area contributed by atoms with Crippen LogP contribution in [0.15, 0.2) is 23.8 Å². The molecule has 0 aliphatic carbocycles. The lowest BCUT2D eigenvalue weighted by atomic mass is 10.2. The van der Waals surface area contributed by atoms with Gasteiger partial charge in [-0.05, 0) is 13.3 Å². The van der Waals surface area contributed by atoms with Crippen LogP contribution < -0.4 is 3.53 Å². The van der Waals surface area contributed by atoms with Gasteiger partial charge in [0.2, 0.25) is 0 Å². The van der Waals surface area contributed by atoms with Gasteiger partial charge in [0.15, 0.2) is 0 Å². The van der Waals surface area contributed by atoms with Crippen molar-refractivity contribution in [1.29, 1.82) is 0 Å². The van der Waals surface area contributed by atoms with Gasteiger partial charge in [0, 0.05) is 5.57 Å². The Morgan fingerprint density at radius 1 is 1.64 bits per heavy atom. The third kappa shape index (κ3) is 5.01. The van der Waals surface area contributed by atoms with Gasteiger partial charge in [-0.15, -0.1) is 0 Å². The molecule has 0 saturated carbocycles. The number of rotatable bonds is 3. The SMILES string of the molecule is CC/C=C\C=C(/C)C(=O)NI. The first-order valence-electron chi connectivity index (χ1n) is 3.46. The van der Waals surface area contributed by atoms with Crippen molar-refractivity contribution in [2.24, 2.45) is 0 Å². The highest BCUT2D eigenvalue weighted by atomic mass is 127. The van der Waals surface area contributed by atoms with Crippen molar-refractivity contribution >= 4 is 28.8 Å². The maximum absolute atomic E-state index is 10.9. The molecule has 1 amide bonds. The molecule has 1 N–H and O–H groups in total. The third-order valence-corrected chi connectivity index (χ3v) is 1.65. The monoisotopic (exact) mass is 265 g/mol. The van der Waals surface area contributed by atoms with E-state index in [0.717, 1.165) is 12.0 Å². The highest BCUT2D eigenvalue weighted by Crippen LogP contribution is 1.94. The van der Waals surface area contributed by atoms with Crippen LogP contribution in [0.25, 0.3) is 0 Å². The van der Waals surface area contributed by atoms with E-state index in [1.54, 1.807) is 13.0 Å². The predicted octanol–water partition coefficient (Wildman–Crippen LogP) is 2.37. The summed E-state index contributed by atoms with van der Waals surface area (Å²) >= 11 is 1.83. The van der Waals surface area contributed by atoms with Gasteiger partial charge in [0.25, 0.3) is 5.91 Å². The summed E-state index contributed by atoms with van der Waals surface area (Å²) in [6, 6.07) is 0. The molecule has 0 radical (unpaired) electrons. The van der Waals surface area contributed by atoms with Crippen LogP contribution in [0.5, 0.6) is 0 Å². The smallest absolute Gasteiger partial charge is 0.255 e. The number of carbonyl (C=O) groups excluding carboxylic acids is 1. The lowest BCUT2D eigenvalue weighted by Gasteiger charge is -1.93. The van der Waals surface area contributed by atoms with Crippen LogP contribution >= 0.6 is 22.9 Å². The molecule has 0 heterocycles. The van der Waals surface area contributed by atoms with E-state index in [4.69, 9.17) is 0 Å². The Balaban J connectivity index is 4.00. The van der Waals surface area contributed by atoms with Crippen molar-refractivity contribution in [1.82, 2.24) is 3.53 Å². The highest BCUT2D eigenvalue weighted by Gasteiger charge is 1.97. The molecule has 0 aliphatic rings. The molecule has 0 saturated heterocycles. The summed E-state index contributed by atoms with van der Waals surface area (Å²) in [5, 5.41) is 0. The van der Waals surface area contributed by atoms with Gasteiger partial charge in [-0.1, -0.05) is 25.2 Å². The highest BCUT2D eigenvalue weighted by molar-refractivity contribution is 14.1. The number of hydrogen-bond acceptors (Lipinski definition) is 1. The Morgan fingerprint density at radius 3 is 2.73 bits per heavy atom. The van der Waals surface area contributed by atoms with Gasteiger partial charge in [0.1, 0.15) is 0 Å². The van der Waals surface area contributed by atoms with E-state index in [2.05, 4.69) is 10.5 Å². The fourth-order valence-electron chi connectivity index (χ4n) is 0.499.